The van der Waals surface area contributed by atoms with E-state index < -0.39 is 0 Å². The SMILES string of the molecule is C=CC(C)=CCC1C(C(=O)NC(C)c2ccccc2)=CCC2C(C)(C)CCCC12C. The Labute approximate surface area is 183 Å². The van der Waals surface area contributed by atoms with Crippen molar-refractivity contribution >= 4 is 5.91 Å². The van der Waals surface area contributed by atoms with Gasteiger partial charge in [-0.05, 0) is 67.8 Å². The minimum atomic E-state index is -0.000898. The summed E-state index contributed by atoms with van der Waals surface area (Å²) in [7, 11) is 0. The van der Waals surface area contributed by atoms with E-state index in [0.717, 1.165) is 24.0 Å². The number of nitrogens with one attached hydrogen (secondary N) is 1. The summed E-state index contributed by atoms with van der Waals surface area (Å²) in [6, 6.07) is 10.2. The maximum absolute atomic E-state index is 13.5. The quantitative estimate of drug-likeness (QED) is 0.500. The number of hydrogen-bond acceptors (Lipinski definition) is 1. The van der Waals surface area contributed by atoms with Crippen LogP contribution in [0.5, 0.6) is 0 Å². The zero-order chi connectivity index (χ0) is 21.9. The van der Waals surface area contributed by atoms with Crippen LogP contribution in [0, 0.1) is 22.7 Å². The standard InChI is InChI=1S/C28H39NO/c1-7-20(2)14-16-24-23(26(30)29-21(3)22-12-9-8-10-13-22)15-17-25-27(4,5)18-11-19-28(24,25)6/h7-10,12-15,21,24-25H,1,11,16-19H2,2-6H3,(H,29,30). The summed E-state index contributed by atoms with van der Waals surface area (Å²) in [4.78, 5) is 13.5. The van der Waals surface area contributed by atoms with Crippen molar-refractivity contribution in [2.45, 2.75) is 72.8 Å². The molecule has 1 N–H and O–H groups in total. The Morgan fingerprint density at radius 1 is 1.23 bits per heavy atom. The van der Waals surface area contributed by atoms with Gasteiger partial charge in [0.25, 0.3) is 0 Å². The van der Waals surface area contributed by atoms with Crippen LogP contribution in [0.3, 0.4) is 0 Å². The zero-order valence-corrected chi connectivity index (χ0v) is 19.5. The van der Waals surface area contributed by atoms with Crippen LogP contribution in [-0.2, 0) is 4.79 Å². The van der Waals surface area contributed by atoms with Crippen molar-refractivity contribution < 1.29 is 4.79 Å². The van der Waals surface area contributed by atoms with Crippen molar-refractivity contribution in [2.75, 3.05) is 0 Å². The third-order valence-electron chi connectivity index (χ3n) is 7.93. The number of fused-ring (bicyclic) bond motifs is 1. The molecule has 2 heteroatoms. The number of carbonyl (C=O) groups excluding carboxylic acids is 1. The minimum Gasteiger partial charge on any atom is -0.346 e. The zero-order valence-electron chi connectivity index (χ0n) is 19.5. The fourth-order valence-electron chi connectivity index (χ4n) is 6.05. The van der Waals surface area contributed by atoms with Gasteiger partial charge in [-0.3, -0.25) is 4.79 Å². The second-order valence-electron chi connectivity index (χ2n) is 10.3. The molecule has 2 aliphatic carbocycles. The first-order valence-corrected chi connectivity index (χ1v) is 11.5. The van der Waals surface area contributed by atoms with Crippen LogP contribution in [0.4, 0.5) is 0 Å². The monoisotopic (exact) mass is 405 g/mol. The van der Waals surface area contributed by atoms with E-state index in [1.165, 1.54) is 24.8 Å². The smallest absolute Gasteiger partial charge is 0.247 e. The fourth-order valence-corrected chi connectivity index (χ4v) is 6.05. The second kappa shape index (κ2) is 8.96. The van der Waals surface area contributed by atoms with Gasteiger partial charge in [-0.25, -0.2) is 0 Å². The lowest BCUT2D eigenvalue weighted by molar-refractivity contribution is -0.121. The molecule has 0 heterocycles. The second-order valence-corrected chi connectivity index (χ2v) is 10.3. The lowest BCUT2D eigenvalue weighted by Crippen LogP contribution is -2.50. The molecule has 2 aliphatic rings. The Bertz CT molecular complexity index is 831. The van der Waals surface area contributed by atoms with Gasteiger partial charge in [-0.1, -0.05) is 87.9 Å². The topological polar surface area (TPSA) is 29.1 Å². The average Bonchev–Trinajstić information content (AvgIpc) is 2.71. The normalized spacial score (nSPS) is 29.4. The Balaban J connectivity index is 1.91. The molecule has 4 unspecified atom stereocenters. The van der Waals surface area contributed by atoms with Gasteiger partial charge in [0.1, 0.15) is 0 Å². The third-order valence-corrected chi connectivity index (χ3v) is 7.93. The Morgan fingerprint density at radius 2 is 1.93 bits per heavy atom. The molecule has 1 amide bonds. The summed E-state index contributed by atoms with van der Waals surface area (Å²) in [5.74, 6) is 0.960. The van der Waals surface area contributed by atoms with E-state index in [-0.39, 0.29) is 23.3 Å². The molecule has 2 nitrogen and oxygen atoms in total. The lowest BCUT2D eigenvalue weighted by Gasteiger charge is -2.56. The van der Waals surface area contributed by atoms with E-state index in [4.69, 9.17) is 0 Å². The highest BCUT2D eigenvalue weighted by molar-refractivity contribution is 5.94. The van der Waals surface area contributed by atoms with E-state index in [1.54, 1.807) is 0 Å². The highest BCUT2D eigenvalue weighted by Crippen LogP contribution is 2.60. The molecule has 3 rings (SSSR count). The van der Waals surface area contributed by atoms with E-state index in [9.17, 15) is 4.79 Å². The number of allylic oxidation sites excluding steroid dienone is 4. The van der Waals surface area contributed by atoms with Crippen molar-refractivity contribution in [2.24, 2.45) is 22.7 Å². The summed E-state index contributed by atoms with van der Waals surface area (Å²) in [5.41, 5.74) is 3.79. The van der Waals surface area contributed by atoms with Gasteiger partial charge in [0, 0.05) is 5.57 Å². The fraction of sp³-hybridized carbons (Fsp3) is 0.536. The average molecular weight is 406 g/mol. The van der Waals surface area contributed by atoms with Gasteiger partial charge in [-0.15, -0.1) is 0 Å². The third kappa shape index (κ3) is 4.48. The summed E-state index contributed by atoms with van der Waals surface area (Å²) < 4.78 is 0. The molecule has 162 valence electrons. The van der Waals surface area contributed by atoms with Gasteiger partial charge >= 0.3 is 0 Å². The largest absolute Gasteiger partial charge is 0.346 e. The van der Waals surface area contributed by atoms with Crippen LogP contribution < -0.4 is 5.32 Å². The molecule has 1 aromatic rings. The molecular formula is C28H39NO. The van der Waals surface area contributed by atoms with E-state index >= 15 is 0 Å². The minimum absolute atomic E-state index is 0.000898. The first kappa shape index (κ1) is 22.6. The molecule has 0 saturated heterocycles. The van der Waals surface area contributed by atoms with Crippen molar-refractivity contribution in [3.8, 4) is 0 Å². The summed E-state index contributed by atoms with van der Waals surface area (Å²) >= 11 is 0. The number of carbonyl (C=O) groups is 1. The van der Waals surface area contributed by atoms with E-state index in [1.807, 2.05) is 24.3 Å². The Kier molecular flexibility index (Phi) is 6.75. The predicted octanol–water partition coefficient (Wildman–Crippen LogP) is 7.17. The van der Waals surface area contributed by atoms with Gasteiger partial charge in [0.2, 0.25) is 5.91 Å². The van der Waals surface area contributed by atoms with Crippen LogP contribution in [0.15, 0.2) is 66.3 Å². The first-order valence-electron chi connectivity index (χ1n) is 11.5. The highest BCUT2D eigenvalue weighted by Gasteiger charge is 2.53. The van der Waals surface area contributed by atoms with Gasteiger partial charge < -0.3 is 5.32 Å². The molecule has 0 aliphatic heterocycles. The summed E-state index contributed by atoms with van der Waals surface area (Å²) in [6.45, 7) is 15.4. The Hall–Kier alpha value is -2.09. The van der Waals surface area contributed by atoms with Crippen molar-refractivity contribution in [1.29, 1.82) is 0 Å². The summed E-state index contributed by atoms with van der Waals surface area (Å²) in [6.07, 6.45) is 12.1. The van der Waals surface area contributed by atoms with E-state index in [0.29, 0.717) is 11.3 Å². The molecule has 1 saturated carbocycles. The maximum Gasteiger partial charge on any atom is 0.247 e. The van der Waals surface area contributed by atoms with Crippen LogP contribution in [0.25, 0.3) is 0 Å². The van der Waals surface area contributed by atoms with E-state index in [2.05, 4.69) is 70.8 Å². The van der Waals surface area contributed by atoms with Crippen molar-refractivity contribution in [3.63, 3.8) is 0 Å². The molecular weight excluding hydrogens is 366 g/mol. The summed E-state index contributed by atoms with van der Waals surface area (Å²) in [5, 5.41) is 3.28. The van der Waals surface area contributed by atoms with Crippen LogP contribution in [-0.4, -0.2) is 5.91 Å². The molecule has 0 bridgehead atoms. The molecule has 0 aromatic heterocycles. The number of amides is 1. The lowest BCUT2D eigenvalue weighted by atomic mass is 9.48. The molecule has 1 fully saturated rings. The Morgan fingerprint density at radius 3 is 2.60 bits per heavy atom. The van der Waals surface area contributed by atoms with Crippen LogP contribution in [0.1, 0.15) is 78.3 Å². The van der Waals surface area contributed by atoms with Crippen LogP contribution >= 0.6 is 0 Å². The van der Waals surface area contributed by atoms with Gasteiger partial charge in [-0.2, -0.15) is 0 Å². The molecule has 4 atom stereocenters. The first-order chi connectivity index (χ1) is 14.2. The molecule has 0 spiro atoms. The number of rotatable bonds is 6. The number of benzene rings is 1. The van der Waals surface area contributed by atoms with Crippen molar-refractivity contribution in [3.05, 3.63) is 71.8 Å². The predicted molar refractivity (Wildman–Crippen MR) is 127 cm³/mol. The highest BCUT2D eigenvalue weighted by atomic mass is 16.1. The van der Waals surface area contributed by atoms with Crippen molar-refractivity contribution in [1.82, 2.24) is 5.32 Å². The molecule has 0 radical (unpaired) electrons. The maximum atomic E-state index is 13.5. The van der Waals surface area contributed by atoms with Gasteiger partial charge in [0.15, 0.2) is 0 Å². The van der Waals surface area contributed by atoms with Crippen LogP contribution in [0.2, 0.25) is 0 Å². The van der Waals surface area contributed by atoms with Gasteiger partial charge in [0.05, 0.1) is 6.04 Å². The molecule has 30 heavy (non-hydrogen) atoms. The number of hydrogen-bond donors (Lipinski definition) is 1. The molecule has 1 aromatic carbocycles.